The molecule has 0 aliphatic carbocycles. The zero-order chi connectivity index (χ0) is 16.4. The van der Waals surface area contributed by atoms with Gasteiger partial charge in [0.05, 0.1) is 30.6 Å². The Kier molecular flexibility index (Phi) is 4.49. The molecule has 2 heterocycles. The van der Waals surface area contributed by atoms with Crippen LogP contribution >= 0.6 is 11.6 Å². The van der Waals surface area contributed by atoms with E-state index in [1.165, 1.54) is 18.2 Å². The summed E-state index contributed by atoms with van der Waals surface area (Å²) in [6.07, 6.45) is 0. The molecule has 1 aromatic carbocycles. The number of nitrogen functional groups attached to an aromatic ring is 1. The van der Waals surface area contributed by atoms with E-state index < -0.39 is 5.82 Å². The van der Waals surface area contributed by atoms with Gasteiger partial charge >= 0.3 is 0 Å². The van der Waals surface area contributed by atoms with E-state index in [9.17, 15) is 4.39 Å². The lowest BCUT2D eigenvalue weighted by Crippen LogP contribution is -2.44. The smallest absolute Gasteiger partial charge is 0.230 e. The second-order valence-electron chi connectivity index (χ2n) is 5.35. The van der Waals surface area contributed by atoms with Gasteiger partial charge in [-0.2, -0.15) is 4.98 Å². The fourth-order valence-electron chi connectivity index (χ4n) is 2.44. The molecule has 1 aliphatic heterocycles. The number of rotatable bonds is 3. The van der Waals surface area contributed by atoms with Crippen molar-refractivity contribution in [1.29, 1.82) is 0 Å². The Bertz CT molecular complexity index is 714. The molecule has 0 spiro atoms. The summed E-state index contributed by atoms with van der Waals surface area (Å²) in [6, 6.07) is 5.99. The van der Waals surface area contributed by atoms with Crippen molar-refractivity contribution in [1.82, 2.24) is 9.97 Å². The van der Waals surface area contributed by atoms with E-state index in [0.717, 1.165) is 6.54 Å². The van der Waals surface area contributed by atoms with Crippen LogP contribution in [-0.4, -0.2) is 35.8 Å². The highest BCUT2D eigenvalue weighted by molar-refractivity contribution is 6.29. The van der Waals surface area contributed by atoms with Crippen LogP contribution < -0.4 is 16.0 Å². The van der Waals surface area contributed by atoms with E-state index >= 15 is 0 Å². The summed E-state index contributed by atoms with van der Waals surface area (Å²) in [7, 11) is 0. The van der Waals surface area contributed by atoms with Crippen molar-refractivity contribution < 1.29 is 9.13 Å². The summed E-state index contributed by atoms with van der Waals surface area (Å²) >= 11 is 6.11. The largest absolute Gasteiger partial charge is 0.397 e. The molecule has 1 saturated heterocycles. The number of aromatic nitrogens is 2. The molecule has 0 bridgehead atoms. The van der Waals surface area contributed by atoms with Gasteiger partial charge in [0.1, 0.15) is 16.8 Å². The number of hydrogen-bond donors (Lipinski definition) is 2. The maximum atomic E-state index is 13.1. The maximum absolute atomic E-state index is 13.1. The molecule has 1 aliphatic rings. The van der Waals surface area contributed by atoms with E-state index in [4.69, 9.17) is 22.1 Å². The van der Waals surface area contributed by atoms with Crippen molar-refractivity contribution in [2.24, 2.45) is 0 Å². The molecule has 122 valence electrons. The van der Waals surface area contributed by atoms with Crippen LogP contribution in [0, 0.1) is 5.82 Å². The molecule has 0 unspecified atom stereocenters. The van der Waals surface area contributed by atoms with Crippen LogP contribution in [-0.2, 0) is 4.74 Å². The average molecular weight is 338 g/mol. The van der Waals surface area contributed by atoms with Gasteiger partial charge < -0.3 is 20.7 Å². The number of nitrogens with one attached hydrogen (secondary N) is 1. The third kappa shape index (κ3) is 3.62. The lowest BCUT2D eigenvalue weighted by Gasteiger charge is -2.34. The van der Waals surface area contributed by atoms with Crippen molar-refractivity contribution in [3.05, 3.63) is 35.2 Å². The van der Waals surface area contributed by atoms with Gasteiger partial charge in [0.2, 0.25) is 5.95 Å². The number of benzene rings is 1. The first-order valence-corrected chi connectivity index (χ1v) is 7.62. The van der Waals surface area contributed by atoms with Crippen LogP contribution in [0.3, 0.4) is 0 Å². The van der Waals surface area contributed by atoms with E-state index in [0.29, 0.717) is 35.8 Å². The van der Waals surface area contributed by atoms with Crippen LogP contribution in [0.15, 0.2) is 24.3 Å². The monoisotopic (exact) mass is 337 g/mol. The first-order valence-electron chi connectivity index (χ1n) is 7.24. The second-order valence-corrected chi connectivity index (χ2v) is 5.73. The van der Waals surface area contributed by atoms with Gasteiger partial charge in [-0.1, -0.05) is 11.6 Å². The molecule has 0 radical (unpaired) electrons. The van der Waals surface area contributed by atoms with Gasteiger partial charge in [0, 0.05) is 12.6 Å². The zero-order valence-corrected chi connectivity index (χ0v) is 13.3. The number of halogens is 2. The first kappa shape index (κ1) is 15.8. The molecule has 6 nitrogen and oxygen atoms in total. The van der Waals surface area contributed by atoms with Crippen molar-refractivity contribution >= 4 is 34.7 Å². The van der Waals surface area contributed by atoms with Gasteiger partial charge in [-0.05, 0) is 25.1 Å². The third-order valence-electron chi connectivity index (χ3n) is 3.60. The quantitative estimate of drug-likeness (QED) is 0.662. The summed E-state index contributed by atoms with van der Waals surface area (Å²) in [6.45, 7) is 4.06. The van der Waals surface area contributed by atoms with Crippen LogP contribution in [0.1, 0.15) is 6.92 Å². The number of nitrogens with zero attached hydrogens (tertiary/aromatic N) is 3. The predicted molar refractivity (Wildman–Crippen MR) is 88.8 cm³/mol. The minimum absolute atomic E-state index is 0.193. The Balaban J connectivity index is 1.88. The van der Waals surface area contributed by atoms with Gasteiger partial charge in [0.15, 0.2) is 0 Å². The lowest BCUT2D eigenvalue weighted by molar-refractivity contribution is 0.0985. The van der Waals surface area contributed by atoms with E-state index in [1.54, 1.807) is 6.07 Å². The fourth-order valence-corrected chi connectivity index (χ4v) is 2.62. The molecular formula is C15H17ClFN5O. The molecular weight excluding hydrogens is 321 g/mol. The molecule has 3 rings (SSSR count). The number of ether oxygens (including phenoxy) is 1. The van der Waals surface area contributed by atoms with Crippen molar-refractivity contribution in [2.45, 2.75) is 13.0 Å². The van der Waals surface area contributed by atoms with Crippen LogP contribution in [0.5, 0.6) is 0 Å². The number of anilines is 4. The lowest BCUT2D eigenvalue weighted by atomic mass is 10.2. The topological polar surface area (TPSA) is 76.3 Å². The molecule has 23 heavy (non-hydrogen) atoms. The summed E-state index contributed by atoms with van der Waals surface area (Å²) in [5.41, 5.74) is 6.59. The standard InChI is InChI=1S/C15H17ClFN5O/c1-9-8-23-5-4-22(9)14-7-13(16)20-15(21-14)19-12-3-2-10(17)6-11(12)18/h2-3,6-7,9H,4-5,8,18H2,1H3,(H,19,20,21)/t9-/m1/s1. The van der Waals surface area contributed by atoms with E-state index in [-0.39, 0.29) is 11.7 Å². The highest BCUT2D eigenvalue weighted by atomic mass is 35.5. The molecule has 3 N–H and O–H groups in total. The summed E-state index contributed by atoms with van der Waals surface area (Å²) in [4.78, 5) is 10.7. The van der Waals surface area contributed by atoms with Crippen molar-refractivity contribution in [3.8, 4) is 0 Å². The molecule has 1 fully saturated rings. The number of nitrogens with two attached hydrogens (primary N) is 1. The molecule has 1 atom stereocenters. The SMILES string of the molecule is C[C@@H]1COCCN1c1cc(Cl)nc(Nc2ccc(F)cc2N)n1. The average Bonchev–Trinajstić information content (AvgIpc) is 2.50. The van der Waals surface area contributed by atoms with Crippen LogP contribution in [0.25, 0.3) is 0 Å². The zero-order valence-electron chi connectivity index (χ0n) is 12.6. The molecule has 2 aromatic rings. The van der Waals surface area contributed by atoms with E-state index in [1.807, 2.05) is 0 Å². The molecule has 1 aromatic heterocycles. The normalized spacial score (nSPS) is 18.0. The molecule has 0 saturated carbocycles. The van der Waals surface area contributed by atoms with Crippen LogP contribution in [0.4, 0.5) is 27.5 Å². The van der Waals surface area contributed by atoms with Gasteiger partial charge in [-0.25, -0.2) is 9.37 Å². The minimum Gasteiger partial charge on any atom is -0.397 e. The Labute approximate surface area is 138 Å². The third-order valence-corrected chi connectivity index (χ3v) is 3.80. The Morgan fingerprint density at radius 3 is 2.96 bits per heavy atom. The van der Waals surface area contributed by atoms with Gasteiger partial charge in [0.25, 0.3) is 0 Å². The number of morpholine rings is 1. The summed E-state index contributed by atoms with van der Waals surface area (Å²) < 4.78 is 18.6. The van der Waals surface area contributed by atoms with Gasteiger partial charge in [-0.3, -0.25) is 0 Å². The van der Waals surface area contributed by atoms with E-state index in [2.05, 4.69) is 27.1 Å². The Morgan fingerprint density at radius 1 is 1.39 bits per heavy atom. The highest BCUT2D eigenvalue weighted by Gasteiger charge is 2.21. The predicted octanol–water partition coefficient (Wildman–Crippen LogP) is 2.82. The molecule has 0 amide bonds. The van der Waals surface area contributed by atoms with Crippen molar-refractivity contribution in [2.75, 3.05) is 35.7 Å². The first-order chi connectivity index (χ1) is 11.0. The number of hydrogen-bond acceptors (Lipinski definition) is 6. The molecule has 8 heteroatoms. The van der Waals surface area contributed by atoms with Crippen LogP contribution in [0.2, 0.25) is 5.15 Å². The van der Waals surface area contributed by atoms with Gasteiger partial charge in [-0.15, -0.1) is 0 Å². The second kappa shape index (κ2) is 6.55. The van der Waals surface area contributed by atoms with Crippen molar-refractivity contribution in [3.63, 3.8) is 0 Å². The Hall–Kier alpha value is -2.12. The summed E-state index contributed by atoms with van der Waals surface area (Å²) in [5, 5.41) is 3.29. The summed E-state index contributed by atoms with van der Waals surface area (Å²) in [5.74, 6) is 0.622. The highest BCUT2D eigenvalue weighted by Crippen LogP contribution is 2.26. The Morgan fingerprint density at radius 2 is 2.22 bits per heavy atom. The fraction of sp³-hybridized carbons (Fsp3) is 0.333. The maximum Gasteiger partial charge on any atom is 0.230 e. The minimum atomic E-state index is -0.400.